The van der Waals surface area contributed by atoms with Crippen LogP contribution in [0.1, 0.15) is 18.1 Å². The van der Waals surface area contributed by atoms with Gasteiger partial charge in [0.15, 0.2) is 0 Å². The van der Waals surface area contributed by atoms with Crippen molar-refractivity contribution in [1.82, 2.24) is 0 Å². The molecule has 2 aromatic rings. The van der Waals surface area contributed by atoms with Crippen LogP contribution in [0.5, 0.6) is 0 Å². The Morgan fingerprint density at radius 3 is 2.50 bits per heavy atom. The predicted octanol–water partition coefficient (Wildman–Crippen LogP) is 3.82. The molecule has 0 saturated carbocycles. The Labute approximate surface area is 124 Å². The average Bonchev–Trinajstić information content (AvgIpc) is 2.47. The molecule has 0 aliphatic carbocycles. The molecule has 0 fully saturated rings. The van der Waals surface area contributed by atoms with Crippen molar-refractivity contribution >= 4 is 23.0 Å². The van der Waals surface area contributed by atoms with E-state index in [1.807, 2.05) is 36.4 Å². The molecule has 0 atom stereocenters. The molecule has 0 bridgehead atoms. The molecular weight excluding hydrogens is 270 g/mol. The molecule has 0 spiro atoms. The van der Waals surface area contributed by atoms with E-state index in [9.17, 15) is 5.26 Å². The lowest BCUT2D eigenvalue weighted by Crippen LogP contribution is -2.22. The quantitative estimate of drug-likeness (QED) is 0.869. The van der Waals surface area contributed by atoms with Crippen molar-refractivity contribution in [2.24, 2.45) is 0 Å². The van der Waals surface area contributed by atoms with Crippen LogP contribution in [0.3, 0.4) is 0 Å². The number of hydrogen-bond donors (Lipinski definition) is 1. The Bertz CT molecular complexity index is 629. The first-order chi connectivity index (χ1) is 9.63. The molecular formula is C16H16ClN3. The molecule has 102 valence electrons. The summed E-state index contributed by atoms with van der Waals surface area (Å²) in [5.74, 6) is 0. The summed E-state index contributed by atoms with van der Waals surface area (Å²) in [5.41, 5.74) is 9.09. The fourth-order valence-corrected chi connectivity index (χ4v) is 2.26. The summed E-state index contributed by atoms with van der Waals surface area (Å²) >= 11 is 5.94. The molecule has 3 nitrogen and oxygen atoms in total. The van der Waals surface area contributed by atoms with Gasteiger partial charge in [-0.05, 0) is 42.8 Å². The number of nitrogens with two attached hydrogens (primary N) is 1. The zero-order chi connectivity index (χ0) is 14.5. The minimum Gasteiger partial charge on any atom is -0.399 e. The summed E-state index contributed by atoms with van der Waals surface area (Å²) in [4.78, 5) is 2.14. The van der Waals surface area contributed by atoms with Crippen LogP contribution < -0.4 is 10.6 Å². The topological polar surface area (TPSA) is 53.0 Å². The normalized spacial score (nSPS) is 10.1. The third-order valence-electron chi connectivity index (χ3n) is 3.15. The maximum absolute atomic E-state index is 9.24. The van der Waals surface area contributed by atoms with Crippen LogP contribution in [0, 0.1) is 11.3 Å². The Balaban J connectivity index is 2.29. The molecule has 0 saturated heterocycles. The van der Waals surface area contributed by atoms with Crippen LogP contribution in [-0.4, -0.2) is 6.54 Å². The Morgan fingerprint density at radius 1 is 1.20 bits per heavy atom. The van der Waals surface area contributed by atoms with Crippen LogP contribution in [-0.2, 0) is 6.54 Å². The Hall–Kier alpha value is -2.18. The third kappa shape index (κ3) is 3.23. The van der Waals surface area contributed by atoms with Crippen molar-refractivity contribution in [3.63, 3.8) is 0 Å². The van der Waals surface area contributed by atoms with Crippen molar-refractivity contribution in [2.75, 3.05) is 17.2 Å². The number of hydrogen-bond acceptors (Lipinski definition) is 3. The van der Waals surface area contributed by atoms with Gasteiger partial charge in [-0.3, -0.25) is 0 Å². The highest BCUT2D eigenvalue weighted by Gasteiger charge is 2.11. The second-order valence-corrected chi connectivity index (χ2v) is 4.97. The first-order valence-corrected chi connectivity index (χ1v) is 6.81. The largest absolute Gasteiger partial charge is 0.399 e. The van der Waals surface area contributed by atoms with Crippen LogP contribution in [0.25, 0.3) is 0 Å². The van der Waals surface area contributed by atoms with Gasteiger partial charge in [-0.2, -0.15) is 5.26 Å². The average molecular weight is 286 g/mol. The predicted molar refractivity (Wildman–Crippen MR) is 83.7 cm³/mol. The van der Waals surface area contributed by atoms with E-state index in [0.717, 1.165) is 30.0 Å². The van der Waals surface area contributed by atoms with E-state index in [0.29, 0.717) is 10.6 Å². The van der Waals surface area contributed by atoms with E-state index in [4.69, 9.17) is 17.3 Å². The summed E-state index contributed by atoms with van der Waals surface area (Å²) in [6, 6.07) is 15.4. The molecule has 4 heteroatoms. The highest BCUT2D eigenvalue weighted by atomic mass is 35.5. The molecule has 2 aromatic carbocycles. The summed E-state index contributed by atoms with van der Waals surface area (Å²) < 4.78 is 0. The van der Waals surface area contributed by atoms with E-state index >= 15 is 0 Å². The fourth-order valence-electron chi connectivity index (χ4n) is 2.08. The summed E-state index contributed by atoms with van der Waals surface area (Å²) in [7, 11) is 0. The number of nitrogens with zero attached hydrogens (tertiary/aromatic N) is 2. The fraction of sp³-hybridized carbons (Fsp3) is 0.188. The summed E-state index contributed by atoms with van der Waals surface area (Å²) in [6.45, 7) is 3.60. The first kappa shape index (κ1) is 14.2. The highest BCUT2D eigenvalue weighted by molar-refractivity contribution is 6.30. The van der Waals surface area contributed by atoms with Gasteiger partial charge in [0.1, 0.15) is 6.07 Å². The SMILES string of the molecule is CCN(Cc1ccc(N)cc1)c1ccc(Cl)cc1C#N. The van der Waals surface area contributed by atoms with Crippen molar-refractivity contribution < 1.29 is 0 Å². The number of benzene rings is 2. The molecule has 0 aliphatic rings. The highest BCUT2D eigenvalue weighted by Crippen LogP contribution is 2.25. The molecule has 2 rings (SSSR count). The maximum atomic E-state index is 9.24. The summed E-state index contributed by atoms with van der Waals surface area (Å²) in [6.07, 6.45) is 0. The lowest BCUT2D eigenvalue weighted by molar-refractivity contribution is 0.830. The van der Waals surface area contributed by atoms with E-state index in [1.165, 1.54) is 0 Å². The monoisotopic (exact) mass is 285 g/mol. The van der Waals surface area contributed by atoms with Gasteiger partial charge in [0.05, 0.1) is 11.3 Å². The van der Waals surface area contributed by atoms with Gasteiger partial charge in [-0.15, -0.1) is 0 Å². The number of nitrogen functional groups attached to an aromatic ring is 1. The standard InChI is InChI=1S/C16H16ClN3/c1-2-20(11-12-3-6-15(19)7-4-12)16-8-5-14(17)9-13(16)10-18/h3-9H,2,11,19H2,1H3. The van der Waals surface area contributed by atoms with E-state index in [1.54, 1.807) is 6.07 Å². The molecule has 0 radical (unpaired) electrons. The van der Waals surface area contributed by atoms with Crippen molar-refractivity contribution in [2.45, 2.75) is 13.5 Å². The van der Waals surface area contributed by atoms with Crippen LogP contribution >= 0.6 is 11.6 Å². The van der Waals surface area contributed by atoms with Crippen molar-refractivity contribution in [3.8, 4) is 6.07 Å². The number of rotatable bonds is 4. The van der Waals surface area contributed by atoms with Crippen LogP contribution in [0.2, 0.25) is 5.02 Å². The van der Waals surface area contributed by atoms with Gasteiger partial charge < -0.3 is 10.6 Å². The zero-order valence-electron chi connectivity index (χ0n) is 11.3. The molecule has 2 N–H and O–H groups in total. The smallest absolute Gasteiger partial charge is 0.101 e. The Kier molecular flexibility index (Phi) is 4.49. The zero-order valence-corrected chi connectivity index (χ0v) is 12.1. The lowest BCUT2D eigenvalue weighted by Gasteiger charge is -2.24. The molecule has 0 unspecified atom stereocenters. The molecule has 0 heterocycles. The maximum Gasteiger partial charge on any atom is 0.101 e. The number of nitriles is 1. The van der Waals surface area contributed by atoms with E-state index < -0.39 is 0 Å². The molecule has 0 aromatic heterocycles. The van der Waals surface area contributed by atoms with Crippen LogP contribution in [0.4, 0.5) is 11.4 Å². The van der Waals surface area contributed by atoms with Crippen molar-refractivity contribution in [1.29, 1.82) is 5.26 Å². The van der Waals surface area contributed by atoms with E-state index in [-0.39, 0.29) is 0 Å². The van der Waals surface area contributed by atoms with Gasteiger partial charge in [0.25, 0.3) is 0 Å². The second-order valence-electron chi connectivity index (χ2n) is 4.53. The van der Waals surface area contributed by atoms with Crippen LogP contribution in [0.15, 0.2) is 42.5 Å². The second kappa shape index (κ2) is 6.31. The van der Waals surface area contributed by atoms with Gasteiger partial charge in [-0.25, -0.2) is 0 Å². The van der Waals surface area contributed by atoms with Gasteiger partial charge in [0.2, 0.25) is 0 Å². The summed E-state index contributed by atoms with van der Waals surface area (Å²) in [5, 5.41) is 9.82. The Morgan fingerprint density at radius 2 is 1.90 bits per heavy atom. The molecule has 0 aliphatic heterocycles. The van der Waals surface area contributed by atoms with Gasteiger partial charge in [-0.1, -0.05) is 23.7 Å². The van der Waals surface area contributed by atoms with Gasteiger partial charge in [0, 0.05) is 23.8 Å². The van der Waals surface area contributed by atoms with Gasteiger partial charge >= 0.3 is 0 Å². The molecule has 20 heavy (non-hydrogen) atoms. The number of halogens is 1. The number of anilines is 2. The minimum atomic E-state index is 0.578. The molecule has 0 amide bonds. The minimum absolute atomic E-state index is 0.578. The third-order valence-corrected chi connectivity index (χ3v) is 3.39. The van der Waals surface area contributed by atoms with E-state index in [2.05, 4.69) is 17.9 Å². The first-order valence-electron chi connectivity index (χ1n) is 6.43. The lowest BCUT2D eigenvalue weighted by atomic mass is 10.1. The van der Waals surface area contributed by atoms with Crippen molar-refractivity contribution in [3.05, 3.63) is 58.6 Å².